The molecule has 2 fully saturated rings. The first-order chi connectivity index (χ1) is 13.7. The Morgan fingerprint density at radius 3 is 2.75 bits per heavy atom. The molecule has 4 unspecified atom stereocenters. The van der Waals surface area contributed by atoms with Gasteiger partial charge < -0.3 is 18.9 Å². The number of Topliss-reactive ketones (excluding diaryl/α,β-unsaturated/α-hetero) is 1. The van der Waals surface area contributed by atoms with Gasteiger partial charge in [0, 0.05) is 19.0 Å². The second-order valence-electron chi connectivity index (χ2n) is 7.83. The maximum atomic E-state index is 13.3. The third-order valence-electron chi connectivity index (χ3n) is 6.18. The molecule has 1 aliphatic carbocycles. The predicted octanol–water partition coefficient (Wildman–Crippen LogP) is 3.11. The molecular weight excluding hydrogens is 358 g/mol. The summed E-state index contributed by atoms with van der Waals surface area (Å²) < 4.78 is 23.0. The molecule has 152 valence electrons. The summed E-state index contributed by atoms with van der Waals surface area (Å²) in [7, 11) is 3.19. The van der Waals surface area contributed by atoms with Crippen LogP contribution in [0.5, 0.6) is 11.5 Å². The SMILES string of the molecule is CCCN1COC2CCC3C(=O)C(c4ccc(OC)c(OC)c4)=COC3C2C1. The fourth-order valence-electron chi connectivity index (χ4n) is 4.78. The molecule has 0 amide bonds. The highest BCUT2D eigenvalue weighted by molar-refractivity contribution is 6.22. The maximum Gasteiger partial charge on any atom is 0.173 e. The first kappa shape index (κ1) is 19.3. The molecule has 6 heteroatoms. The van der Waals surface area contributed by atoms with E-state index in [9.17, 15) is 4.79 Å². The Bertz CT molecular complexity index is 761. The number of hydrogen-bond acceptors (Lipinski definition) is 6. The minimum atomic E-state index is -0.112. The Labute approximate surface area is 166 Å². The number of benzene rings is 1. The van der Waals surface area contributed by atoms with Crippen LogP contribution in [0, 0.1) is 11.8 Å². The maximum absolute atomic E-state index is 13.3. The Kier molecular flexibility index (Phi) is 5.60. The summed E-state index contributed by atoms with van der Waals surface area (Å²) in [5.74, 6) is 1.54. The predicted molar refractivity (Wildman–Crippen MR) is 105 cm³/mol. The summed E-state index contributed by atoms with van der Waals surface area (Å²) in [6.45, 7) is 4.81. The zero-order chi connectivity index (χ0) is 19.7. The smallest absolute Gasteiger partial charge is 0.173 e. The van der Waals surface area contributed by atoms with Crippen LogP contribution in [-0.4, -0.2) is 56.9 Å². The number of ether oxygens (including phenoxy) is 4. The van der Waals surface area contributed by atoms with Gasteiger partial charge in [-0.3, -0.25) is 9.69 Å². The average Bonchev–Trinajstić information content (AvgIpc) is 2.73. The van der Waals surface area contributed by atoms with E-state index in [0.717, 1.165) is 37.9 Å². The Morgan fingerprint density at radius 2 is 2.00 bits per heavy atom. The number of allylic oxidation sites excluding steroid dienone is 1. The van der Waals surface area contributed by atoms with Crippen LogP contribution >= 0.6 is 0 Å². The van der Waals surface area contributed by atoms with Crippen LogP contribution < -0.4 is 9.47 Å². The average molecular weight is 387 g/mol. The molecule has 1 saturated heterocycles. The number of ketones is 1. The van der Waals surface area contributed by atoms with E-state index in [1.54, 1.807) is 20.5 Å². The molecule has 0 bridgehead atoms. The van der Waals surface area contributed by atoms with Gasteiger partial charge in [0.05, 0.1) is 44.8 Å². The van der Waals surface area contributed by atoms with Crippen molar-refractivity contribution in [2.24, 2.45) is 11.8 Å². The summed E-state index contributed by atoms with van der Waals surface area (Å²) in [6, 6.07) is 5.54. The molecule has 2 heterocycles. The normalized spacial score (nSPS) is 30.0. The van der Waals surface area contributed by atoms with Gasteiger partial charge in [0.15, 0.2) is 17.3 Å². The summed E-state index contributed by atoms with van der Waals surface area (Å²) in [4.78, 5) is 15.6. The fourth-order valence-corrected chi connectivity index (χ4v) is 4.78. The standard InChI is InChI=1S/C22H29NO5/c1-4-9-23-11-16-18(28-13-23)8-6-15-21(24)17(12-27-22(15)16)14-5-7-19(25-2)20(10-14)26-3/h5,7,10,12,15-16,18,22H,4,6,8-9,11,13H2,1-3H3. The lowest BCUT2D eigenvalue weighted by molar-refractivity contribution is -0.169. The minimum Gasteiger partial charge on any atom is -0.496 e. The van der Waals surface area contributed by atoms with Gasteiger partial charge in [-0.15, -0.1) is 0 Å². The molecule has 28 heavy (non-hydrogen) atoms. The second-order valence-corrected chi connectivity index (χ2v) is 7.83. The summed E-state index contributed by atoms with van der Waals surface area (Å²) >= 11 is 0. The van der Waals surface area contributed by atoms with Crippen LogP contribution in [0.3, 0.4) is 0 Å². The van der Waals surface area contributed by atoms with E-state index < -0.39 is 0 Å². The molecule has 3 aliphatic rings. The van der Waals surface area contributed by atoms with E-state index in [1.165, 1.54) is 0 Å². The number of methoxy groups -OCH3 is 2. The summed E-state index contributed by atoms with van der Waals surface area (Å²) in [5, 5.41) is 0. The van der Waals surface area contributed by atoms with Crippen LogP contribution in [-0.2, 0) is 14.3 Å². The van der Waals surface area contributed by atoms with E-state index in [2.05, 4.69) is 11.8 Å². The van der Waals surface area contributed by atoms with Gasteiger partial charge in [0.2, 0.25) is 0 Å². The third kappa shape index (κ3) is 3.40. The van der Waals surface area contributed by atoms with Gasteiger partial charge in [-0.05, 0) is 37.0 Å². The van der Waals surface area contributed by atoms with Crippen molar-refractivity contribution in [3.8, 4) is 11.5 Å². The van der Waals surface area contributed by atoms with Gasteiger partial charge in [-0.25, -0.2) is 0 Å². The zero-order valence-corrected chi connectivity index (χ0v) is 16.8. The number of carbonyl (C=O) groups is 1. The van der Waals surface area contributed by atoms with E-state index in [-0.39, 0.29) is 29.8 Å². The van der Waals surface area contributed by atoms with Crippen molar-refractivity contribution in [3.05, 3.63) is 30.0 Å². The third-order valence-corrected chi connectivity index (χ3v) is 6.18. The van der Waals surface area contributed by atoms with Gasteiger partial charge in [0.1, 0.15) is 6.10 Å². The lowest BCUT2D eigenvalue weighted by Gasteiger charge is -2.48. The van der Waals surface area contributed by atoms with Crippen LogP contribution in [0.1, 0.15) is 31.7 Å². The molecule has 0 N–H and O–H groups in total. The molecule has 1 aromatic carbocycles. The molecule has 1 saturated carbocycles. The zero-order valence-electron chi connectivity index (χ0n) is 16.8. The molecule has 4 atom stereocenters. The molecule has 0 radical (unpaired) electrons. The number of rotatable bonds is 5. The van der Waals surface area contributed by atoms with E-state index >= 15 is 0 Å². The second kappa shape index (κ2) is 8.13. The molecule has 0 spiro atoms. The van der Waals surface area contributed by atoms with Crippen molar-refractivity contribution >= 4 is 11.4 Å². The van der Waals surface area contributed by atoms with Crippen LogP contribution in [0.15, 0.2) is 24.5 Å². The monoisotopic (exact) mass is 387 g/mol. The minimum absolute atomic E-state index is 0.102. The van der Waals surface area contributed by atoms with Gasteiger partial charge in [0.25, 0.3) is 0 Å². The largest absolute Gasteiger partial charge is 0.496 e. The van der Waals surface area contributed by atoms with Gasteiger partial charge in [-0.1, -0.05) is 13.0 Å². The lowest BCUT2D eigenvalue weighted by atomic mass is 9.71. The van der Waals surface area contributed by atoms with Crippen LogP contribution in [0.4, 0.5) is 0 Å². The number of fused-ring (bicyclic) bond motifs is 3. The molecule has 6 nitrogen and oxygen atoms in total. The van der Waals surface area contributed by atoms with Crippen molar-refractivity contribution in [2.45, 2.75) is 38.4 Å². The van der Waals surface area contributed by atoms with Crippen LogP contribution in [0.25, 0.3) is 5.57 Å². The van der Waals surface area contributed by atoms with Gasteiger partial charge >= 0.3 is 0 Å². The van der Waals surface area contributed by atoms with Gasteiger partial charge in [-0.2, -0.15) is 0 Å². The number of nitrogens with zero attached hydrogens (tertiary/aromatic N) is 1. The van der Waals surface area contributed by atoms with Crippen molar-refractivity contribution in [1.82, 2.24) is 4.90 Å². The van der Waals surface area contributed by atoms with E-state index in [0.29, 0.717) is 23.8 Å². The fraction of sp³-hybridized carbons (Fsp3) is 0.591. The Hall–Kier alpha value is -2.05. The quantitative estimate of drug-likeness (QED) is 0.774. The highest BCUT2D eigenvalue weighted by Crippen LogP contribution is 2.42. The van der Waals surface area contributed by atoms with Crippen molar-refractivity contribution in [2.75, 3.05) is 34.0 Å². The molecule has 2 aliphatic heterocycles. The van der Waals surface area contributed by atoms with Crippen LogP contribution in [0.2, 0.25) is 0 Å². The topological polar surface area (TPSA) is 57.2 Å². The molecule has 0 aromatic heterocycles. The van der Waals surface area contributed by atoms with E-state index in [1.807, 2.05) is 18.2 Å². The number of carbonyl (C=O) groups excluding carboxylic acids is 1. The highest BCUT2D eigenvalue weighted by Gasteiger charge is 2.48. The molecular formula is C22H29NO5. The first-order valence-corrected chi connectivity index (χ1v) is 10.1. The van der Waals surface area contributed by atoms with Crippen molar-refractivity contribution in [1.29, 1.82) is 0 Å². The van der Waals surface area contributed by atoms with Crippen molar-refractivity contribution < 1.29 is 23.7 Å². The highest BCUT2D eigenvalue weighted by atomic mass is 16.5. The van der Waals surface area contributed by atoms with E-state index in [4.69, 9.17) is 18.9 Å². The molecule has 4 rings (SSSR count). The summed E-state index contributed by atoms with van der Waals surface area (Å²) in [5.41, 5.74) is 1.42. The first-order valence-electron chi connectivity index (χ1n) is 10.1. The van der Waals surface area contributed by atoms with Crippen molar-refractivity contribution in [3.63, 3.8) is 0 Å². The Morgan fingerprint density at radius 1 is 1.18 bits per heavy atom. The lowest BCUT2D eigenvalue weighted by Crippen LogP contribution is -2.56. The number of hydrogen-bond donors (Lipinski definition) is 0. The molecule has 1 aromatic rings. The Balaban J connectivity index is 1.57. The summed E-state index contributed by atoms with van der Waals surface area (Å²) in [6.07, 6.45) is 4.56.